The molecule has 7 nitrogen and oxygen atoms in total. The summed E-state index contributed by atoms with van der Waals surface area (Å²) in [4.78, 5) is 0. The Morgan fingerprint density at radius 1 is 1.25 bits per heavy atom. The van der Waals surface area contributed by atoms with E-state index in [2.05, 4.69) is 23.2 Å². The second-order valence-electron chi connectivity index (χ2n) is 7.39. The van der Waals surface area contributed by atoms with E-state index in [1.165, 1.54) is 0 Å². The highest BCUT2D eigenvalue weighted by molar-refractivity contribution is 6.31. The lowest BCUT2D eigenvalue weighted by atomic mass is 9.83. The molecule has 1 aliphatic heterocycles. The first kappa shape index (κ1) is 21.6. The fourth-order valence-corrected chi connectivity index (χ4v) is 4.03. The molecule has 0 spiro atoms. The van der Waals surface area contributed by atoms with E-state index < -0.39 is 5.92 Å². The van der Waals surface area contributed by atoms with Crippen molar-refractivity contribution in [1.29, 1.82) is 5.26 Å². The first-order valence-corrected chi connectivity index (χ1v) is 10.6. The molecule has 3 N–H and O–H groups in total. The molecule has 1 aliphatic rings. The number of nitriles is 1. The molecule has 1 aromatic heterocycles. The van der Waals surface area contributed by atoms with Gasteiger partial charge >= 0.3 is 0 Å². The van der Waals surface area contributed by atoms with E-state index in [1.54, 1.807) is 7.11 Å². The molecule has 0 bridgehead atoms. The van der Waals surface area contributed by atoms with Crippen LogP contribution in [0, 0.1) is 11.3 Å². The van der Waals surface area contributed by atoms with Crippen molar-refractivity contribution in [2.45, 2.75) is 32.3 Å². The Morgan fingerprint density at radius 3 is 2.78 bits per heavy atom. The molecule has 0 amide bonds. The number of nitrogens with one attached hydrogen (secondary N) is 1. The van der Waals surface area contributed by atoms with Crippen LogP contribution in [0.25, 0.3) is 0 Å². The van der Waals surface area contributed by atoms with Crippen molar-refractivity contribution in [2.24, 2.45) is 5.73 Å². The van der Waals surface area contributed by atoms with Crippen molar-refractivity contribution in [3.8, 4) is 23.4 Å². The number of halogens is 1. The number of benzene rings is 2. The van der Waals surface area contributed by atoms with E-state index in [4.69, 9.17) is 31.5 Å². The molecule has 0 radical (unpaired) electrons. The van der Waals surface area contributed by atoms with Crippen LogP contribution < -0.4 is 19.9 Å². The van der Waals surface area contributed by atoms with Crippen molar-refractivity contribution in [1.82, 2.24) is 10.2 Å². The minimum absolute atomic E-state index is 0.0533. The zero-order chi connectivity index (χ0) is 22.7. The Kier molecular flexibility index (Phi) is 6.24. The lowest BCUT2D eigenvalue weighted by Crippen LogP contribution is -2.21. The number of ether oxygens (including phenoxy) is 3. The molecule has 0 fully saturated rings. The lowest BCUT2D eigenvalue weighted by molar-refractivity contribution is 0.284. The highest BCUT2D eigenvalue weighted by Gasteiger charge is 2.35. The van der Waals surface area contributed by atoms with Gasteiger partial charge in [0.15, 0.2) is 11.5 Å². The SMILES string of the molecule is CCCc1[nH]nc2c1[C@@H](c1ccc(OCc3ccccc3Cl)c(OC)c1)C(C#N)=C(N)O2. The van der Waals surface area contributed by atoms with Crippen LogP contribution in [0.2, 0.25) is 5.02 Å². The number of nitrogens with zero attached hydrogens (tertiary/aromatic N) is 2. The minimum Gasteiger partial charge on any atom is -0.493 e. The largest absolute Gasteiger partial charge is 0.493 e. The van der Waals surface area contributed by atoms with E-state index in [1.807, 2.05) is 42.5 Å². The Hall–Kier alpha value is -3.63. The predicted molar refractivity (Wildman–Crippen MR) is 121 cm³/mol. The molecule has 3 aromatic rings. The molecule has 164 valence electrons. The molecule has 8 heteroatoms. The Balaban J connectivity index is 1.71. The number of nitrogens with two attached hydrogens (primary N) is 1. The van der Waals surface area contributed by atoms with Crippen molar-refractivity contribution in [2.75, 3.05) is 7.11 Å². The number of methoxy groups -OCH3 is 1. The maximum absolute atomic E-state index is 9.83. The van der Waals surface area contributed by atoms with E-state index >= 15 is 0 Å². The second-order valence-corrected chi connectivity index (χ2v) is 7.79. The molecule has 32 heavy (non-hydrogen) atoms. The number of aromatic nitrogens is 2. The molecule has 1 atom stereocenters. The number of aryl methyl sites for hydroxylation is 1. The van der Waals surface area contributed by atoms with Crippen LogP contribution in [-0.4, -0.2) is 17.3 Å². The first-order valence-electron chi connectivity index (χ1n) is 10.3. The number of fused-ring (bicyclic) bond motifs is 1. The highest BCUT2D eigenvalue weighted by Crippen LogP contribution is 2.45. The van der Waals surface area contributed by atoms with Gasteiger partial charge in [-0.05, 0) is 30.2 Å². The van der Waals surface area contributed by atoms with Gasteiger partial charge in [-0.1, -0.05) is 49.2 Å². The second kappa shape index (κ2) is 9.25. The minimum atomic E-state index is -0.421. The summed E-state index contributed by atoms with van der Waals surface area (Å²) in [7, 11) is 1.58. The number of hydrogen-bond donors (Lipinski definition) is 2. The summed E-state index contributed by atoms with van der Waals surface area (Å²) < 4.78 is 17.2. The third-order valence-electron chi connectivity index (χ3n) is 5.38. The van der Waals surface area contributed by atoms with E-state index in [0.717, 1.165) is 35.2 Å². The van der Waals surface area contributed by atoms with Gasteiger partial charge in [0.2, 0.25) is 11.8 Å². The summed E-state index contributed by atoms with van der Waals surface area (Å²) in [6.07, 6.45) is 1.69. The standard InChI is InChI=1S/C24H23ClN4O3/c1-3-6-18-22-21(16(12-26)23(27)32-24(22)29-28-18)14-9-10-19(20(11-14)30-2)31-13-15-7-4-5-8-17(15)25/h4-5,7-11,21H,3,6,13,27H2,1-2H3,(H,28,29)/t21-/m0/s1. The van der Waals surface area contributed by atoms with Crippen molar-refractivity contribution >= 4 is 11.6 Å². The maximum atomic E-state index is 9.83. The highest BCUT2D eigenvalue weighted by atomic mass is 35.5. The molecular formula is C24H23ClN4O3. The van der Waals surface area contributed by atoms with Gasteiger partial charge in [0.05, 0.1) is 13.0 Å². The quantitative estimate of drug-likeness (QED) is 0.534. The van der Waals surface area contributed by atoms with Crippen LogP contribution in [-0.2, 0) is 13.0 Å². The van der Waals surface area contributed by atoms with Crippen LogP contribution in [0.3, 0.4) is 0 Å². The molecule has 2 heterocycles. The number of H-pyrrole nitrogens is 1. The third-order valence-corrected chi connectivity index (χ3v) is 5.75. The molecule has 0 saturated carbocycles. The smallest absolute Gasteiger partial charge is 0.244 e. The van der Waals surface area contributed by atoms with Crippen LogP contribution >= 0.6 is 11.6 Å². The van der Waals surface area contributed by atoms with Crippen molar-refractivity contribution in [3.05, 3.63) is 81.3 Å². The molecule has 4 rings (SSSR count). The van der Waals surface area contributed by atoms with Crippen molar-refractivity contribution in [3.63, 3.8) is 0 Å². The van der Waals surface area contributed by atoms with Crippen molar-refractivity contribution < 1.29 is 14.2 Å². The summed E-state index contributed by atoms with van der Waals surface area (Å²) in [6, 6.07) is 15.3. The molecule has 0 unspecified atom stereocenters. The number of aromatic amines is 1. The zero-order valence-electron chi connectivity index (χ0n) is 17.8. The summed E-state index contributed by atoms with van der Waals surface area (Å²) in [6.45, 7) is 2.38. The molecular weight excluding hydrogens is 428 g/mol. The monoisotopic (exact) mass is 450 g/mol. The van der Waals surface area contributed by atoms with Crippen LogP contribution in [0.5, 0.6) is 17.4 Å². The number of hydrogen-bond acceptors (Lipinski definition) is 6. The van der Waals surface area contributed by atoms with Gasteiger partial charge in [0.25, 0.3) is 0 Å². The normalized spacial score (nSPS) is 15.0. The van der Waals surface area contributed by atoms with Gasteiger partial charge in [0, 0.05) is 21.8 Å². The fraction of sp³-hybridized carbons (Fsp3) is 0.250. The van der Waals surface area contributed by atoms with E-state index in [0.29, 0.717) is 34.6 Å². The predicted octanol–water partition coefficient (Wildman–Crippen LogP) is 4.82. The first-order chi connectivity index (χ1) is 15.6. The van der Waals surface area contributed by atoms with Crippen LogP contribution in [0.15, 0.2) is 53.9 Å². The van der Waals surface area contributed by atoms with Gasteiger partial charge in [-0.25, -0.2) is 0 Å². The maximum Gasteiger partial charge on any atom is 0.244 e. The van der Waals surface area contributed by atoms with Gasteiger partial charge in [-0.15, -0.1) is 5.10 Å². The van der Waals surface area contributed by atoms with Crippen LogP contribution in [0.1, 0.15) is 41.6 Å². The Morgan fingerprint density at radius 2 is 2.06 bits per heavy atom. The summed E-state index contributed by atoms with van der Waals surface area (Å²) in [5.74, 6) is 1.14. The van der Waals surface area contributed by atoms with Crippen LogP contribution in [0.4, 0.5) is 0 Å². The van der Waals surface area contributed by atoms with Gasteiger partial charge in [0.1, 0.15) is 18.2 Å². The van der Waals surface area contributed by atoms with E-state index in [9.17, 15) is 5.26 Å². The molecule has 2 aromatic carbocycles. The Labute approximate surface area is 191 Å². The topological polar surface area (TPSA) is 106 Å². The Bertz CT molecular complexity index is 1210. The zero-order valence-corrected chi connectivity index (χ0v) is 18.6. The lowest BCUT2D eigenvalue weighted by Gasteiger charge is -2.24. The summed E-state index contributed by atoms with van der Waals surface area (Å²) in [5.41, 5.74) is 9.84. The fourth-order valence-electron chi connectivity index (χ4n) is 3.84. The number of rotatable bonds is 7. The average molecular weight is 451 g/mol. The summed E-state index contributed by atoms with van der Waals surface area (Å²) >= 11 is 6.23. The van der Waals surface area contributed by atoms with Gasteiger partial charge in [-0.2, -0.15) is 5.26 Å². The van der Waals surface area contributed by atoms with Gasteiger partial charge in [-0.3, -0.25) is 5.10 Å². The summed E-state index contributed by atoms with van der Waals surface area (Å²) in [5, 5.41) is 17.8. The third kappa shape index (κ3) is 3.97. The number of allylic oxidation sites excluding steroid dienone is 1. The molecule has 0 aliphatic carbocycles. The van der Waals surface area contributed by atoms with Gasteiger partial charge < -0.3 is 19.9 Å². The van der Waals surface area contributed by atoms with E-state index in [-0.39, 0.29) is 5.88 Å². The average Bonchev–Trinajstić information content (AvgIpc) is 3.19. The molecule has 0 saturated heterocycles.